The fourth-order valence-electron chi connectivity index (χ4n) is 21.8. The van der Waals surface area contributed by atoms with Gasteiger partial charge in [0, 0.05) is 0 Å². The van der Waals surface area contributed by atoms with Crippen molar-refractivity contribution in [1.82, 2.24) is 0 Å². The van der Waals surface area contributed by atoms with Crippen molar-refractivity contribution in [3.8, 4) is 0 Å². The van der Waals surface area contributed by atoms with Gasteiger partial charge in [-0.1, -0.05) is 0 Å². The summed E-state index contributed by atoms with van der Waals surface area (Å²) in [6.07, 6.45) is 3.19. The molecule has 0 radical (unpaired) electrons. The molecule has 0 aromatic carbocycles. The SMILES string of the molecule is CCP(CC)[C]12[CH]3[CH]4[CH]5[C]1(C(C)P(C(C)(C)C)C(C)(C)C)[Fe]45321678[CH]2[CH]1[CH]6[CH]7[CH]28. The molecule has 3 heteroatoms. The van der Waals surface area contributed by atoms with Gasteiger partial charge >= 0.3 is 160 Å². The van der Waals surface area contributed by atoms with Gasteiger partial charge in [-0.15, -0.1) is 0 Å². The van der Waals surface area contributed by atoms with Crippen LogP contribution < -0.4 is 0 Å². The molecule has 0 aromatic rings. The summed E-state index contributed by atoms with van der Waals surface area (Å²) in [5, 5.41) is 1.05. The van der Waals surface area contributed by atoms with Crippen LogP contribution in [0.1, 0.15) is 62.3 Å². The second-order valence-corrected chi connectivity index (χ2v) is 47.2. The Balaban J connectivity index is 1.32. The van der Waals surface area contributed by atoms with Crippen molar-refractivity contribution in [3.05, 3.63) is 0 Å². The van der Waals surface area contributed by atoms with E-state index in [1.807, 2.05) is 0 Å². The number of hydrogen-bond donors (Lipinski definition) is 0. The zero-order chi connectivity index (χ0) is 19.1. The van der Waals surface area contributed by atoms with E-state index in [0.717, 1.165) is 14.0 Å². The topological polar surface area (TPSA) is 0 Å². The van der Waals surface area contributed by atoms with Crippen LogP contribution in [0.4, 0.5) is 0 Å². The summed E-state index contributed by atoms with van der Waals surface area (Å²) in [5.41, 5.74) is 1.11. The molecule has 154 valence electrons. The number of fused-ring (bicyclic) bond motifs is 10. The zero-order valence-electron chi connectivity index (χ0n) is 18.9. The molecule has 10 saturated heterocycles. The average molecular weight is 446 g/mol. The van der Waals surface area contributed by atoms with Gasteiger partial charge in [0.25, 0.3) is 0 Å². The van der Waals surface area contributed by atoms with Gasteiger partial charge in [-0.25, -0.2) is 0 Å². The van der Waals surface area contributed by atoms with Gasteiger partial charge in [0.1, 0.15) is 0 Å². The molecule has 6 unspecified atom stereocenters. The molecule has 0 nitrogen and oxygen atoms in total. The molecular formula is C24H40FeP2. The van der Waals surface area contributed by atoms with Crippen LogP contribution in [-0.2, 0) is 6.51 Å². The normalized spacial score (nSPS) is 85.3. The quantitative estimate of drug-likeness (QED) is 0.293. The molecule has 10 heterocycles. The minimum atomic E-state index is -3.24. The molecule has 0 bridgehead atoms. The summed E-state index contributed by atoms with van der Waals surface area (Å²) < 4.78 is 2.19. The Morgan fingerprint density at radius 1 is 0.778 bits per heavy atom. The van der Waals surface area contributed by atoms with Crippen molar-refractivity contribution < 1.29 is 6.51 Å². The van der Waals surface area contributed by atoms with E-state index in [9.17, 15) is 0 Å². The van der Waals surface area contributed by atoms with Crippen LogP contribution in [0.5, 0.6) is 0 Å². The molecule has 27 heavy (non-hydrogen) atoms. The molecule has 10 rings (SSSR count). The fraction of sp³-hybridized carbons (Fsp3) is 1.00. The first-order chi connectivity index (χ1) is 12.2. The molecule has 10 fully saturated rings. The van der Waals surface area contributed by atoms with E-state index < -0.39 is 6.51 Å². The summed E-state index contributed by atoms with van der Waals surface area (Å²) in [5.74, 6) is 0. The predicted octanol–water partition coefficient (Wildman–Crippen LogP) is 8.64. The Kier molecular flexibility index (Phi) is 0.968. The summed E-state index contributed by atoms with van der Waals surface area (Å²) in [6.45, 7) is 20.6. The Hall–Kier alpha value is 1.38. The van der Waals surface area contributed by atoms with Crippen LogP contribution >= 0.6 is 15.8 Å². The van der Waals surface area contributed by atoms with Crippen molar-refractivity contribution >= 4 is 15.8 Å². The van der Waals surface area contributed by atoms with E-state index in [-0.39, 0.29) is 7.92 Å². The van der Waals surface area contributed by atoms with E-state index in [0.29, 0.717) is 18.2 Å². The molecule has 0 aliphatic carbocycles. The van der Waals surface area contributed by atoms with Gasteiger partial charge in [0.2, 0.25) is 0 Å². The monoisotopic (exact) mass is 446 g/mol. The average Bonchev–Trinajstić information content (AvgIpc) is 3.47. The third-order valence-corrected chi connectivity index (χ3v) is 73.5. The van der Waals surface area contributed by atoms with Crippen molar-refractivity contribution in [3.63, 3.8) is 0 Å². The second kappa shape index (κ2) is 1.72. The Morgan fingerprint density at radius 2 is 1.22 bits per heavy atom. The summed E-state index contributed by atoms with van der Waals surface area (Å²) >= 11 is 0. The molecule has 10 aliphatic rings. The van der Waals surface area contributed by atoms with Crippen LogP contribution in [0.2, 0.25) is 42.8 Å². The van der Waals surface area contributed by atoms with Crippen LogP contribution in [0.3, 0.4) is 0 Å². The van der Waals surface area contributed by atoms with Crippen LogP contribution in [0.25, 0.3) is 0 Å². The maximum absolute atomic E-state index is 3.24. The van der Waals surface area contributed by atoms with Gasteiger partial charge in [-0.3, -0.25) is 0 Å². The number of rotatable bonds is 5. The van der Waals surface area contributed by atoms with Crippen molar-refractivity contribution in [2.45, 2.75) is 125 Å². The van der Waals surface area contributed by atoms with Gasteiger partial charge < -0.3 is 0 Å². The Bertz CT molecular complexity index is 1210. The molecular weight excluding hydrogens is 406 g/mol. The van der Waals surface area contributed by atoms with E-state index in [4.69, 9.17) is 0 Å². The van der Waals surface area contributed by atoms with Gasteiger partial charge in [-0.05, 0) is 0 Å². The first kappa shape index (κ1) is 15.2. The molecule has 1 spiro atoms. The molecule has 0 amide bonds. The summed E-state index contributed by atoms with van der Waals surface area (Å²) in [6, 6.07) is 0. The predicted molar refractivity (Wildman–Crippen MR) is 119 cm³/mol. The Labute approximate surface area is 159 Å². The number of hydrogen-bond acceptors (Lipinski definition) is 0. The fourth-order valence-corrected chi connectivity index (χ4v) is 123. The van der Waals surface area contributed by atoms with Gasteiger partial charge in [-0.2, -0.15) is 0 Å². The molecule has 0 N–H and O–H groups in total. The van der Waals surface area contributed by atoms with E-state index in [1.54, 1.807) is 12.3 Å². The molecule has 0 aromatic heterocycles. The maximum atomic E-state index is 2.89. The van der Waals surface area contributed by atoms with E-state index in [1.165, 1.54) is 38.5 Å². The van der Waals surface area contributed by atoms with Crippen molar-refractivity contribution in [1.29, 1.82) is 0 Å². The van der Waals surface area contributed by atoms with Crippen molar-refractivity contribution in [2.24, 2.45) is 0 Å². The zero-order valence-corrected chi connectivity index (χ0v) is 21.8. The van der Waals surface area contributed by atoms with E-state index in [2.05, 4.69) is 62.3 Å². The van der Waals surface area contributed by atoms with Crippen LogP contribution in [0.15, 0.2) is 0 Å². The van der Waals surface area contributed by atoms with Crippen LogP contribution in [-0.4, -0.2) is 32.3 Å². The standard InChI is InChI=1S/C19H35P2.C5H5.Fe/c1-10-20(11-2)17-14-12-13-16(17)15(3)21(18(4,5)6)19(7,8)9;1-2-4-5-3-1;/h12-15H,10-11H2,1-9H3;1-5H;. The molecule has 0 saturated carbocycles. The second-order valence-electron chi connectivity index (χ2n) is 16.3. The molecule has 10 aliphatic heterocycles. The van der Waals surface area contributed by atoms with Gasteiger partial charge in [0.05, 0.1) is 0 Å². The minimum absolute atomic E-state index is 0.0687. The summed E-state index contributed by atoms with van der Waals surface area (Å²) in [4.78, 5) is 11.8. The van der Waals surface area contributed by atoms with Crippen molar-refractivity contribution in [2.75, 3.05) is 12.3 Å². The summed E-state index contributed by atoms with van der Waals surface area (Å²) in [7, 11) is 0.428. The Morgan fingerprint density at radius 3 is 1.52 bits per heavy atom. The van der Waals surface area contributed by atoms with Crippen LogP contribution in [0, 0.1) is 0 Å². The first-order valence-electron chi connectivity index (χ1n) is 12.0. The first-order valence-corrected chi connectivity index (χ1v) is 21.3. The molecule has 6 atom stereocenters. The van der Waals surface area contributed by atoms with Gasteiger partial charge in [0.15, 0.2) is 0 Å². The van der Waals surface area contributed by atoms with E-state index >= 15 is 0 Å². The third-order valence-electron chi connectivity index (χ3n) is 18.6. The third kappa shape index (κ3) is 0.260.